The van der Waals surface area contributed by atoms with Gasteiger partial charge < -0.3 is 4.90 Å². The molecule has 0 N–H and O–H groups in total. The molecule has 5 nitrogen and oxygen atoms in total. The van der Waals surface area contributed by atoms with Crippen molar-refractivity contribution in [2.75, 3.05) is 23.3 Å². The molecule has 0 atom stereocenters. The van der Waals surface area contributed by atoms with Crippen LogP contribution in [0.15, 0.2) is 53.4 Å². The minimum atomic E-state index is -3.77. The van der Waals surface area contributed by atoms with Gasteiger partial charge in [-0.2, -0.15) is 0 Å². The van der Waals surface area contributed by atoms with E-state index in [1.165, 1.54) is 31.0 Å². The van der Waals surface area contributed by atoms with Gasteiger partial charge >= 0.3 is 0 Å². The van der Waals surface area contributed by atoms with E-state index in [-0.39, 0.29) is 10.8 Å². The second-order valence-corrected chi connectivity index (χ2v) is 6.99. The third kappa shape index (κ3) is 3.50. The average Bonchev–Trinajstić information content (AvgIpc) is 2.54. The van der Waals surface area contributed by atoms with E-state index in [0.717, 1.165) is 16.4 Å². The van der Waals surface area contributed by atoms with Crippen LogP contribution in [0.4, 0.5) is 15.8 Å². The monoisotopic (exact) mass is 336 g/mol. The molecule has 0 heterocycles. The first kappa shape index (κ1) is 17.0. The van der Waals surface area contributed by atoms with Crippen molar-refractivity contribution in [1.82, 2.24) is 0 Å². The number of halogens is 1. The Hall–Kier alpha value is -2.41. The van der Waals surface area contributed by atoms with Gasteiger partial charge in [-0.05, 0) is 48.5 Å². The van der Waals surface area contributed by atoms with Gasteiger partial charge in [-0.15, -0.1) is 0 Å². The van der Waals surface area contributed by atoms with Crippen LogP contribution < -0.4 is 9.21 Å². The Morgan fingerprint density at radius 2 is 1.39 bits per heavy atom. The maximum Gasteiger partial charge on any atom is 0.264 e. The first-order chi connectivity index (χ1) is 10.7. The molecule has 122 valence electrons. The summed E-state index contributed by atoms with van der Waals surface area (Å²) in [5, 5.41) is 0. The lowest BCUT2D eigenvalue weighted by Gasteiger charge is -2.21. The lowest BCUT2D eigenvalue weighted by molar-refractivity contribution is -0.116. The zero-order valence-electron chi connectivity index (χ0n) is 13.0. The van der Waals surface area contributed by atoms with Crippen LogP contribution in [0.2, 0.25) is 0 Å². The Kier molecular flexibility index (Phi) is 4.70. The molecule has 1 amide bonds. The number of sulfonamides is 1. The summed E-state index contributed by atoms with van der Waals surface area (Å²) in [4.78, 5) is 12.8. The summed E-state index contributed by atoms with van der Waals surface area (Å²) in [6.07, 6.45) is 0. The minimum Gasteiger partial charge on any atom is -0.316 e. The number of amides is 1. The van der Waals surface area contributed by atoms with E-state index >= 15 is 0 Å². The first-order valence-corrected chi connectivity index (χ1v) is 8.26. The molecule has 2 aromatic carbocycles. The van der Waals surface area contributed by atoms with Gasteiger partial charge in [0, 0.05) is 26.7 Å². The Morgan fingerprint density at radius 1 is 0.913 bits per heavy atom. The number of carbonyl (C=O) groups excluding carboxylic acids is 1. The molecule has 0 aromatic heterocycles. The Labute approximate surface area is 135 Å². The number of anilines is 2. The highest BCUT2D eigenvalue weighted by atomic mass is 32.2. The summed E-state index contributed by atoms with van der Waals surface area (Å²) in [5.74, 6) is -0.617. The summed E-state index contributed by atoms with van der Waals surface area (Å²) in [5.41, 5.74) is 1.10. The van der Waals surface area contributed by atoms with E-state index in [9.17, 15) is 17.6 Å². The third-order valence-electron chi connectivity index (χ3n) is 3.54. The standard InChI is InChI=1S/C16H17FN2O3S/c1-12(20)18(2)14-6-8-15(9-7-14)19(3)23(21,22)16-10-4-13(17)5-11-16/h4-11H,1-3H3. The number of nitrogens with zero attached hydrogens (tertiary/aromatic N) is 2. The number of benzene rings is 2. The molecule has 0 saturated heterocycles. The van der Waals surface area contributed by atoms with E-state index in [1.807, 2.05) is 0 Å². The summed E-state index contributed by atoms with van der Waals surface area (Å²) < 4.78 is 39.1. The molecule has 0 bridgehead atoms. The smallest absolute Gasteiger partial charge is 0.264 e. The number of hydrogen-bond donors (Lipinski definition) is 0. The van der Waals surface area contributed by atoms with Crippen molar-refractivity contribution in [3.63, 3.8) is 0 Å². The highest BCUT2D eigenvalue weighted by Crippen LogP contribution is 2.24. The maximum absolute atomic E-state index is 12.9. The predicted octanol–water partition coefficient (Wildman–Crippen LogP) is 2.63. The summed E-state index contributed by atoms with van der Waals surface area (Å²) in [6.45, 7) is 1.44. The molecular weight excluding hydrogens is 319 g/mol. The van der Waals surface area contributed by atoms with Gasteiger partial charge in [-0.1, -0.05) is 0 Å². The van der Waals surface area contributed by atoms with Crippen LogP contribution >= 0.6 is 0 Å². The van der Waals surface area contributed by atoms with Crippen LogP contribution in [0, 0.1) is 5.82 Å². The second-order valence-electron chi connectivity index (χ2n) is 5.02. The normalized spacial score (nSPS) is 11.1. The van der Waals surface area contributed by atoms with Crippen LogP contribution in [0.25, 0.3) is 0 Å². The molecule has 0 saturated carbocycles. The fraction of sp³-hybridized carbons (Fsp3) is 0.188. The maximum atomic E-state index is 12.9. The quantitative estimate of drug-likeness (QED) is 0.862. The van der Waals surface area contributed by atoms with Crippen molar-refractivity contribution in [3.8, 4) is 0 Å². The number of carbonyl (C=O) groups is 1. The van der Waals surface area contributed by atoms with Gasteiger partial charge in [-0.25, -0.2) is 12.8 Å². The minimum absolute atomic E-state index is 0.00586. The van der Waals surface area contributed by atoms with Gasteiger partial charge in [0.1, 0.15) is 5.82 Å². The van der Waals surface area contributed by atoms with Gasteiger partial charge in [0.05, 0.1) is 10.6 Å². The van der Waals surface area contributed by atoms with E-state index in [2.05, 4.69) is 0 Å². The molecule has 2 aromatic rings. The molecule has 2 rings (SSSR count). The van der Waals surface area contributed by atoms with Crippen LogP contribution in [0.3, 0.4) is 0 Å². The molecule has 0 aliphatic heterocycles. The van der Waals surface area contributed by atoms with E-state index < -0.39 is 15.8 Å². The molecule has 0 fully saturated rings. The third-order valence-corrected chi connectivity index (χ3v) is 5.34. The number of hydrogen-bond acceptors (Lipinski definition) is 3. The van der Waals surface area contributed by atoms with Crippen LogP contribution in [0.5, 0.6) is 0 Å². The second kappa shape index (κ2) is 6.37. The Morgan fingerprint density at radius 3 is 1.87 bits per heavy atom. The average molecular weight is 336 g/mol. The van der Waals surface area contributed by atoms with Gasteiger partial charge in [-0.3, -0.25) is 9.10 Å². The largest absolute Gasteiger partial charge is 0.316 e. The number of rotatable bonds is 4. The zero-order chi connectivity index (χ0) is 17.2. The Balaban J connectivity index is 2.31. The molecule has 0 spiro atoms. The zero-order valence-corrected chi connectivity index (χ0v) is 13.8. The topological polar surface area (TPSA) is 57.7 Å². The fourth-order valence-electron chi connectivity index (χ4n) is 1.97. The Bertz CT molecular complexity index is 802. The van der Waals surface area contributed by atoms with E-state index in [0.29, 0.717) is 11.4 Å². The highest BCUT2D eigenvalue weighted by Gasteiger charge is 2.21. The lowest BCUT2D eigenvalue weighted by atomic mass is 10.2. The molecule has 7 heteroatoms. The SMILES string of the molecule is CC(=O)N(C)c1ccc(N(C)S(=O)(=O)c2ccc(F)cc2)cc1. The van der Waals surface area contributed by atoms with Crippen LogP contribution in [0.1, 0.15) is 6.92 Å². The van der Waals surface area contributed by atoms with Crippen LogP contribution in [-0.2, 0) is 14.8 Å². The summed E-state index contributed by atoms with van der Waals surface area (Å²) in [7, 11) is -0.718. The predicted molar refractivity (Wildman–Crippen MR) is 87.5 cm³/mol. The van der Waals surface area contributed by atoms with Crippen molar-refractivity contribution >= 4 is 27.3 Å². The van der Waals surface area contributed by atoms with Crippen molar-refractivity contribution in [2.24, 2.45) is 0 Å². The lowest BCUT2D eigenvalue weighted by Crippen LogP contribution is -2.27. The molecular formula is C16H17FN2O3S. The summed E-state index contributed by atoms with van der Waals surface area (Å²) >= 11 is 0. The van der Waals surface area contributed by atoms with Crippen molar-refractivity contribution < 1.29 is 17.6 Å². The molecule has 0 aliphatic carbocycles. The molecule has 0 radical (unpaired) electrons. The van der Waals surface area contributed by atoms with Gasteiger partial charge in [0.2, 0.25) is 5.91 Å². The highest BCUT2D eigenvalue weighted by molar-refractivity contribution is 7.92. The van der Waals surface area contributed by atoms with Crippen molar-refractivity contribution in [2.45, 2.75) is 11.8 Å². The van der Waals surface area contributed by atoms with Crippen molar-refractivity contribution in [3.05, 3.63) is 54.3 Å². The van der Waals surface area contributed by atoms with Crippen LogP contribution in [-0.4, -0.2) is 28.4 Å². The van der Waals surface area contributed by atoms with Crippen molar-refractivity contribution in [1.29, 1.82) is 0 Å². The molecule has 0 aliphatic rings. The summed E-state index contributed by atoms with van der Waals surface area (Å²) in [6, 6.07) is 11.2. The first-order valence-electron chi connectivity index (χ1n) is 6.82. The van der Waals surface area contributed by atoms with E-state index in [1.54, 1.807) is 31.3 Å². The van der Waals surface area contributed by atoms with Gasteiger partial charge in [0.25, 0.3) is 10.0 Å². The molecule has 23 heavy (non-hydrogen) atoms. The van der Waals surface area contributed by atoms with Gasteiger partial charge in [0.15, 0.2) is 0 Å². The van der Waals surface area contributed by atoms with E-state index in [4.69, 9.17) is 0 Å². The molecule has 0 unspecified atom stereocenters. The fourth-order valence-corrected chi connectivity index (χ4v) is 3.17.